The molecule has 2 nitrogen and oxygen atoms in total. The van der Waals surface area contributed by atoms with E-state index < -0.39 is 0 Å². The maximum atomic E-state index is 5.32. The van der Waals surface area contributed by atoms with Crippen molar-refractivity contribution >= 4 is 27.5 Å². The molecule has 0 atom stereocenters. The molecule has 82 valence electrons. The third-order valence-electron chi connectivity index (χ3n) is 2.02. The zero-order valence-electron chi connectivity index (χ0n) is 9.60. The van der Waals surface area contributed by atoms with E-state index >= 15 is 0 Å². The van der Waals surface area contributed by atoms with E-state index in [1.165, 1.54) is 5.56 Å². The Labute approximate surface area is 99.5 Å². The first-order valence-electron chi connectivity index (χ1n) is 4.99. The molecule has 0 N–H and O–H groups in total. The molecular formula is C12H16BrNO. The largest absolute Gasteiger partial charge is 0.481 e. The lowest BCUT2D eigenvalue weighted by atomic mass is 10.1. The number of aryl methyl sites for hydroxylation is 2. The minimum atomic E-state index is 0.651. The lowest BCUT2D eigenvalue weighted by Crippen LogP contribution is -1.98. The molecule has 0 aliphatic carbocycles. The Kier molecular flexibility index (Phi) is 4.33. The van der Waals surface area contributed by atoms with Crippen LogP contribution in [-0.4, -0.2) is 12.5 Å². The van der Waals surface area contributed by atoms with Gasteiger partial charge in [-0.05, 0) is 53.9 Å². The molecule has 0 fully saturated rings. The quantitative estimate of drug-likeness (QED) is 0.584. The molecular weight excluding hydrogens is 254 g/mol. The molecule has 0 amide bonds. The van der Waals surface area contributed by atoms with Crippen LogP contribution in [0, 0.1) is 13.8 Å². The van der Waals surface area contributed by atoms with E-state index in [0.29, 0.717) is 12.5 Å². The first kappa shape index (κ1) is 12.2. The van der Waals surface area contributed by atoms with Gasteiger partial charge in [0.25, 0.3) is 0 Å². The average molecular weight is 270 g/mol. The van der Waals surface area contributed by atoms with Crippen molar-refractivity contribution in [2.45, 2.75) is 27.7 Å². The predicted octanol–water partition coefficient (Wildman–Crippen LogP) is 4.15. The van der Waals surface area contributed by atoms with Gasteiger partial charge in [-0.3, -0.25) is 0 Å². The van der Waals surface area contributed by atoms with Crippen molar-refractivity contribution in [2.75, 3.05) is 6.61 Å². The van der Waals surface area contributed by atoms with Gasteiger partial charge in [0.05, 0.1) is 12.3 Å². The van der Waals surface area contributed by atoms with Crippen LogP contribution >= 0.6 is 15.9 Å². The van der Waals surface area contributed by atoms with Gasteiger partial charge in [0.2, 0.25) is 0 Å². The predicted molar refractivity (Wildman–Crippen MR) is 68.0 cm³/mol. The second kappa shape index (κ2) is 5.31. The van der Waals surface area contributed by atoms with E-state index in [1.54, 1.807) is 0 Å². The SMILES string of the molecule is CCOC(C)=Nc1c(C)cc(C)cc1Br. The minimum Gasteiger partial charge on any atom is -0.481 e. The minimum absolute atomic E-state index is 0.651. The molecule has 1 aromatic carbocycles. The van der Waals surface area contributed by atoms with Crippen LogP contribution in [0.1, 0.15) is 25.0 Å². The Balaban J connectivity index is 3.09. The molecule has 0 saturated heterocycles. The van der Waals surface area contributed by atoms with Gasteiger partial charge in [-0.2, -0.15) is 0 Å². The van der Waals surface area contributed by atoms with E-state index in [-0.39, 0.29) is 0 Å². The van der Waals surface area contributed by atoms with Crippen LogP contribution in [0.5, 0.6) is 0 Å². The van der Waals surface area contributed by atoms with E-state index in [4.69, 9.17) is 4.74 Å². The normalized spacial score (nSPS) is 11.7. The van der Waals surface area contributed by atoms with Gasteiger partial charge in [0.1, 0.15) is 0 Å². The van der Waals surface area contributed by atoms with Crippen LogP contribution in [0.2, 0.25) is 0 Å². The number of benzene rings is 1. The van der Waals surface area contributed by atoms with Gasteiger partial charge < -0.3 is 4.74 Å². The molecule has 0 saturated carbocycles. The van der Waals surface area contributed by atoms with E-state index in [0.717, 1.165) is 15.7 Å². The second-order valence-electron chi connectivity index (χ2n) is 3.48. The standard InChI is InChI=1S/C12H16BrNO/c1-5-15-10(4)14-12-9(3)6-8(2)7-11(12)13/h6-7H,5H2,1-4H3. The van der Waals surface area contributed by atoms with Gasteiger partial charge >= 0.3 is 0 Å². The van der Waals surface area contributed by atoms with Gasteiger partial charge in [0.15, 0.2) is 5.90 Å². The monoisotopic (exact) mass is 269 g/mol. The third kappa shape index (κ3) is 3.34. The highest BCUT2D eigenvalue weighted by Gasteiger charge is 2.04. The fraction of sp³-hybridized carbons (Fsp3) is 0.417. The summed E-state index contributed by atoms with van der Waals surface area (Å²) < 4.78 is 6.33. The van der Waals surface area contributed by atoms with Crippen LogP contribution in [0.15, 0.2) is 21.6 Å². The Bertz CT molecular complexity index is 362. The number of rotatable bonds is 2. The Hall–Kier alpha value is -0.830. The fourth-order valence-electron chi connectivity index (χ4n) is 1.45. The van der Waals surface area contributed by atoms with Crippen molar-refractivity contribution < 1.29 is 4.74 Å². The van der Waals surface area contributed by atoms with Gasteiger partial charge in [0, 0.05) is 11.4 Å². The Morgan fingerprint density at radius 1 is 1.40 bits per heavy atom. The van der Waals surface area contributed by atoms with Crippen molar-refractivity contribution in [3.63, 3.8) is 0 Å². The summed E-state index contributed by atoms with van der Waals surface area (Å²) in [6.45, 7) is 8.60. The van der Waals surface area contributed by atoms with E-state index in [9.17, 15) is 0 Å². The first-order chi connectivity index (χ1) is 7.04. The molecule has 0 radical (unpaired) electrons. The molecule has 0 aliphatic heterocycles. The molecule has 0 heterocycles. The van der Waals surface area contributed by atoms with Crippen LogP contribution in [0.25, 0.3) is 0 Å². The number of hydrogen-bond donors (Lipinski definition) is 0. The molecule has 0 aromatic heterocycles. The zero-order chi connectivity index (χ0) is 11.4. The molecule has 0 aliphatic rings. The summed E-state index contributed by atoms with van der Waals surface area (Å²) in [6.07, 6.45) is 0. The lowest BCUT2D eigenvalue weighted by molar-refractivity contribution is 0.325. The van der Waals surface area contributed by atoms with E-state index in [1.807, 2.05) is 13.8 Å². The highest BCUT2D eigenvalue weighted by atomic mass is 79.9. The summed E-state index contributed by atoms with van der Waals surface area (Å²) in [7, 11) is 0. The molecule has 0 bridgehead atoms. The number of ether oxygens (including phenoxy) is 1. The summed E-state index contributed by atoms with van der Waals surface area (Å²) >= 11 is 3.51. The highest BCUT2D eigenvalue weighted by Crippen LogP contribution is 2.30. The van der Waals surface area contributed by atoms with Crippen molar-refractivity contribution in [1.29, 1.82) is 0 Å². The van der Waals surface area contributed by atoms with Gasteiger partial charge in [-0.1, -0.05) is 6.07 Å². The summed E-state index contributed by atoms with van der Waals surface area (Å²) in [5.74, 6) is 0.699. The van der Waals surface area contributed by atoms with Crippen molar-refractivity contribution in [2.24, 2.45) is 4.99 Å². The van der Waals surface area contributed by atoms with Crippen molar-refractivity contribution in [1.82, 2.24) is 0 Å². The van der Waals surface area contributed by atoms with Crippen LogP contribution < -0.4 is 0 Å². The lowest BCUT2D eigenvalue weighted by Gasteiger charge is -2.07. The molecule has 0 unspecified atom stereocenters. The molecule has 3 heteroatoms. The smallest absolute Gasteiger partial charge is 0.185 e. The van der Waals surface area contributed by atoms with Crippen LogP contribution in [-0.2, 0) is 4.74 Å². The summed E-state index contributed by atoms with van der Waals surface area (Å²) in [5, 5.41) is 0. The fourth-order valence-corrected chi connectivity index (χ4v) is 2.21. The number of nitrogens with zero attached hydrogens (tertiary/aromatic N) is 1. The Morgan fingerprint density at radius 3 is 2.60 bits per heavy atom. The molecule has 1 aromatic rings. The van der Waals surface area contributed by atoms with Crippen LogP contribution in [0.3, 0.4) is 0 Å². The molecule has 1 rings (SSSR count). The van der Waals surface area contributed by atoms with Crippen LogP contribution in [0.4, 0.5) is 5.69 Å². The Morgan fingerprint density at radius 2 is 2.07 bits per heavy atom. The maximum Gasteiger partial charge on any atom is 0.185 e. The first-order valence-corrected chi connectivity index (χ1v) is 5.78. The average Bonchev–Trinajstić information content (AvgIpc) is 2.11. The topological polar surface area (TPSA) is 21.6 Å². The van der Waals surface area contributed by atoms with Gasteiger partial charge in [-0.25, -0.2) is 4.99 Å². The molecule has 15 heavy (non-hydrogen) atoms. The van der Waals surface area contributed by atoms with Crippen molar-refractivity contribution in [3.8, 4) is 0 Å². The summed E-state index contributed by atoms with van der Waals surface area (Å²) in [4.78, 5) is 4.44. The number of hydrogen-bond acceptors (Lipinski definition) is 2. The van der Waals surface area contributed by atoms with Gasteiger partial charge in [-0.15, -0.1) is 0 Å². The van der Waals surface area contributed by atoms with E-state index in [2.05, 4.69) is 46.9 Å². The number of halogens is 1. The van der Waals surface area contributed by atoms with Crippen molar-refractivity contribution in [3.05, 3.63) is 27.7 Å². The maximum absolute atomic E-state index is 5.32. The summed E-state index contributed by atoms with van der Waals surface area (Å²) in [6, 6.07) is 4.17. The second-order valence-corrected chi connectivity index (χ2v) is 4.33. The zero-order valence-corrected chi connectivity index (χ0v) is 11.2. The molecule has 0 spiro atoms. The number of aliphatic imine (C=N–C) groups is 1. The summed E-state index contributed by atoms with van der Waals surface area (Å²) in [5.41, 5.74) is 3.33. The third-order valence-corrected chi connectivity index (χ3v) is 2.63. The highest BCUT2D eigenvalue weighted by molar-refractivity contribution is 9.10.